The number of halogens is 1. The molecule has 0 amide bonds. The Labute approximate surface area is 171 Å². The number of nitrogens with zero attached hydrogens (tertiary/aromatic N) is 3. The topological polar surface area (TPSA) is 71.0 Å². The van der Waals surface area contributed by atoms with Gasteiger partial charge < -0.3 is 9.72 Å². The van der Waals surface area contributed by atoms with Crippen LogP contribution < -0.4 is 4.74 Å². The normalized spacial score (nSPS) is 11.5. The maximum absolute atomic E-state index is 5.90. The van der Waals surface area contributed by atoms with E-state index in [0.717, 1.165) is 22.9 Å². The zero-order chi connectivity index (χ0) is 19.5. The number of ether oxygens (including phenoxy) is 1. The molecular weight excluding hydrogens is 394 g/mol. The van der Waals surface area contributed by atoms with Crippen LogP contribution in [0.4, 0.5) is 0 Å². The molecule has 0 radical (unpaired) electrons. The van der Waals surface area contributed by atoms with Gasteiger partial charge in [-0.15, -0.1) is 0 Å². The van der Waals surface area contributed by atoms with Gasteiger partial charge in [0.15, 0.2) is 5.82 Å². The summed E-state index contributed by atoms with van der Waals surface area (Å²) in [5.74, 6) is 1.27. The van der Waals surface area contributed by atoms with Crippen LogP contribution in [0.15, 0.2) is 53.8 Å². The fraction of sp³-hybridized carbons (Fsp3) is 0.150. The quantitative estimate of drug-likeness (QED) is 0.342. The number of aryl methyl sites for hydroxylation is 1. The van der Waals surface area contributed by atoms with Crippen LogP contribution in [-0.2, 0) is 13.0 Å². The first-order chi connectivity index (χ1) is 13.7. The van der Waals surface area contributed by atoms with Gasteiger partial charge in [0.05, 0.1) is 6.21 Å². The van der Waals surface area contributed by atoms with Crippen LogP contribution in [0.2, 0.25) is 5.02 Å². The molecule has 0 saturated carbocycles. The number of aromatic amines is 2. The van der Waals surface area contributed by atoms with Crippen LogP contribution in [0.1, 0.15) is 23.9 Å². The third-order valence-corrected chi connectivity index (χ3v) is 4.94. The lowest BCUT2D eigenvalue weighted by Crippen LogP contribution is -2.04. The molecule has 0 bridgehead atoms. The summed E-state index contributed by atoms with van der Waals surface area (Å²) in [6.07, 6.45) is 4.68. The summed E-state index contributed by atoms with van der Waals surface area (Å²) in [4.78, 5) is 3.33. The van der Waals surface area contributed by atoms with E-state index in [4.69, 9.17) is 28.6 Å². The molecule has 4 rings (SSSR count). The molecule has 0 aliphatic heterocycles. The third kappa shape index (κ3) is 3.72. The van der Waals surface area contributed by atoms with E-state index in [1.165, 1.54) is 5.56 Å². The Kier molecular flexibility index (Phi) is 5.27. The minimum absolute atomic E-state index is 0.222. The Morgan fingerprint density at radius 1 is 1.25 bits per heavy atom. The molecule has 142 valence electrons. The summed E-state index contributed by atoms with van der Waals surface area (Å²) in [5.41, 5.74) is 3.39. The summed E-state index contributed by atoms with van der Waals surface area (Å²) < 4.78 is 7.72. The molecule has 8 heteroatoms. The van der Waals surface area contributed by atoms with E-state index in [-0.39, 0.29) is 6.61 Å². The molecule has 2 aromatic heterocycles. The molecule has 28 heavy (non-hydrogen) atoms. The van der Waals surface area contributed by atoms with Crippen molar-refractivity contribution in [3.8, 4) is 5.75 Å². The Morgan fingerprint density at radius 2 is 2.07 bits per heavy atom. The van der Waals surface area contributed by atoms with Crippen molar-refractivity contribution in [1.82, 2.24) is 19.9 Å². The van der Waals surface area contributed by atoms with Crippen molar-refractivity contribution in [1.29, 1.82) is 0 Å². The first-order valence-corrected chi connectivity index (χ1v) is 9.62. The largest absolute Gasteiger partial charge is 0.486 e. The highest BCUT2D eigenvalue weighted by molar-refractivity contribution is 7.71. The van der Waals surface area contributed by atoms with Crippen molar-refractivity contribution < 1.29 is 4.74 Å². The van der Waals surface area contributed by atoms with Crippen LogP contribution in [0.3, 0.4) is 0 Å². The molecule has 0 unspecified atom stereocenters. The molecule has 0 aliphatic rings. The first-order valence-electron chi connectivity index (χ1n) is 8.83. The van der Waals surface area contributed by atoms with Crippen molar-refractivity contribution in [2.75, 3.05) is 0 Å². The van der Waals surface area contributed by atoms with Gasteiger partial charge in [0.1, 0.15) is 12.4 Å². The Bertz CT molecular complexity index is 1190. The van der Waals surface area contributed by atoms with E-state index in [1.807, 2.05) is 6.20 Å². The molecule has 0 fully saturated rings. The number of benzene rings is 2. The summed E-state index contributed by atoms with van der Waals surface area (Å²) in [6.45, 7) is 2.36. The minimum atomic E-state index is 0.222. The number of H-pyrrole nitrogens is 2. The summed E-state index contributed by atoms with van der Waals surface area (Å²) >= 11 is 11.2. The van der Waals surface area contributed by atoms with E-state index < -0.39 is 0 Å². The van der Waals surface area contributed by atoms with Gasteiger partial charge in [-0.3, -0.25) is 0 Å². The highest BCUT2D eigenvalue weighted by atomic mass is 35.5. The Balaban J connectivity index is 1.58. The number of nitrogens with one attached hydrogen (secondary N) is 2. The maximum atomic E-state index is 5.90. The lowest BCUT2D eigenvalue weighted by Gasteiger charge is -2.05. The number of aromatic nitrogens is 4. The second-order valence-corrected chi connectivity index (χ2v) is 7.00. The predicted molar refractivity (Wildman–Crippen MR) is 114 cm³/mol. The number of hydrogen-bond acceptors (Lipinski definition) is 4. The monoisotopic (exact) mass is 411 g/mol. The van der Waals surface area contributed by atoms with Crippen molar-refractivity contribution in [3.63, 3.8) is 0 Å². The molecule has 0 saturated heterocycles. The second kappa shape index (κ2) is 8.00. The zero-order valence-electron chi connectivity index (χ0n) is 15.1. The van der Waals surface area contributed by atoms with E-state index in [1.54, 1.807) is 35.2 Å². The van der Waals surface area contributed by atoms with E-state index >= 15 is 0 Å². The fourth-order valence-electron chi connectivity index (χ4n) is 2.98. The molecule has 6 nitrogen and oxygen atoms in total. The van der Waals surface area contributed by atoms with Gasteiger partial charge >= 0.3 is 0 Å². The lowest BCUT2D eigenvalue weighted by atomic mass is 10.1. The van der Waals surface area contributed by atoms with E-state index in [0.29, 0.717) is 21.4 Å². The van der Waals surface area contributed by atoms with Gasteiger partial charge in [0, 0.05) is 27.7 Å². The number of hydrogen-bond donors (Lipinski definition) is 2. The SMILES string of the molecule is CCc1cccc2c(/C=N/n3c(COc4ccc(Cl)cc4)n[nH]c3=S)c[nH]c12. The standard InChI is InChI=1S/C20H18ClN5OS/c1-2-13-4-3-5-17-14(10-22-19(13)17)11-23-26-18(24-25-20(26)28)12-27-16-8-6-15(21)7-9-16/h3-11,22H,2,12H2,1H3,(H,25,28)/b23-11+. The van der Waals surface area contributed by atoms with Gasteiger partial charge in [-0.1, -0.05) is 36.7 Å². The zero-order valence-corrected chi connectivity index (χ0v) is 16.7. The molecule has 4 aromatic rings. The Morgan fingerprint density at radius 3 is 2.86 bits per heavy atom. The van der Waals surface area contributed by atoms with E-state index in [2.05, 4.69) is 45.4 Å². The van der Waals surface area contributed by atoms with Crippen LogP contribution >= 0.6 is 23.8 Å². The smallest absolute Gasteiger partial charge is 0.216 e. The van der Waals surface area contributed by atoms with Crippen molar-refractivity contribution >= 4 is 40.9 Å². The molecule has 2 heterocycles. The van der Waals surface area contributed by atoms with Crippen LogP contribution in [0.25, 0.3) is 10.9 Å². The molecule has 2 aromatic carbocycles. The van der Waals surface area contributed by atoms with Gasteiger partial charge in [-0.05, 0) is 48.5 Å². The van der Waals surface area contributed by atoms with Gasteiger partial charge in [0.2, 0.25) is 4.77 Å². The summed E-state index contributed by atoms with van der Waals surface area (Å²) in [5, 5.41) is 13.3. The summed E-state index contributed by atoms with van der Waals surface area (Å²) in [6, 6.07) is 13.4. The summed E-state index contributed by atoms with van der Waals surface area (Å²) in [7, 11) is 0. The van der Waals surface area contributed by atoms with Crippen molar-refractivity contribution in [2.45, 2.75) is 20.0 Å². The highest BCUT2D eigenvalue weighted by Crippen LogP contribution is 2.21. The molecular formula is C20H18ClN5OS. The first kappa shape index (κ1) is 18.5. The number of rotatable bonds is 6. The van der Waals surface area contributed by atoms with Crippen LogP contribution in [-0.4, -0.2) is 26.1 Å². The molecule has 0 aliphatic carbocycles. The van der Waals surface area contributed by atoms with Crippen molar-refractivity contribution in [2.24, 2.45) is 5.10 Å². The number of para-hydroxylation sites is 1. The van der Waals surface area contributed by atoms with Gasteiger partial charge in [-0.2, -0.15) is 14.9 Å². The molecule has 0 atom stereocenters. The lowest BCUT2D eigenvalue weighted by molar-refractivity contribution is 0.290. The predicted octanol–water partition coefficient (Wildman–Crippen LogP) is 5.10. The second-order valence-electron chi connectivity index (χ2n) is 6.18. The van der Waals surface area contributed by atoms with Gasteiger partial charge in [0.25, 0.3) is 0 Å². The number of fused-ring (bicyclic) bond motifs is 1. The Hall–Kier alpha value is -2.90. The molecule has 2 N–H and O–H groups in total. The van der Waals surface area contributed by atoms with Crippen molar-refractivity contribution in [3.05, 3.63) is 75.4 Å². The fourth-order valence-corrected chi connectivity index (χ4v) is 3.30. The van der Waals surface area contributed by atoms with E-state index in [9.17, 15) is 0 Å². The van der Waals surface area contributed by atoms with Crippen LogP contribution in [0.5, 0.6) is 5.75 Å². The van der Waals surface area contributed by atoms with Gasteiger partial charge in [-0.25, -0.2) is 5.10 Å². The maximum Gasteiger partial charge on any atom is 0.216 e. The molecule has 0 spiro atoms. The van der Waals surface area contributed by atoms with Crippen LogP contribution in [0, 0.1) is 4.77 Å². The highest BCUT2D eigenvalue weighted by Gasteiger charge is 2.08. The third-order valence-electron chi connectivity index (χ3n) is 4.43. The minimum Gasteiger partial charge on any atom is -0.486 e. The average molecular weight is 412 g/mol. The average Bonchev–Trinajstić information content (AvgIpc) is 3.29.